The van der Waals surface area contributed by atoms with Crippen molar-refractivity contribution < 1.29 is 28.5 Å². The Morgan fingerprint density at radius 3 is 2.29 bits per heavy atom. The van der Waals surface area contributed by atoms with E-state index < -0.39 is 0 Å². The number of nitrogens with one attached hydrogen (secondary N) is 1. The quantitative estimate of drug-likeness (QED) is 0.379. The van der Waals surface area contributed by atoms with E-state index in [0.717, 1.165) is 5.75 Å². The smallest absolute Gasteiger partial charge is 0.266 e. The molecule has 34 heavy (non-hydrogen) atoms. The van der Waals surface area contributed by atoms with Crippen LogP contribution in [0.5, 0.6) is 23.0 Å². The molecule has 0 aliphatic carbocycles. The topological polar surface area (TPSA) is 86.3 Å². The van der Waals surface area contributed by atoms with Gasteiger partial charge in [-0.25, -0.2) is 0 Å². The third-order valence-corrected chi connectivity index (χ3v) is 6.25. The number of hydrogen-bond acceptors (Lipinski definition) is 8. The van der Waals surface area contributed by atoms with Crippen molar-refractivity contribution in [3.63, 3.8) is 0 Å². The molecule has 2 aromatic carbocycles. The fourth-order valence-electron chi connectivity index (χ4n) is 3.27. The second-order valence-corrected chi connectivity index (χ2v) is 8.72. The molecule has 0 saturated carbocycles. The zero-order chi connectivity index (χ0) is 24.7. The third-order valence-electron chi connectivity index (χ3n) is 4.87. The third kappa shape index (κ3) is 6.00. The molecule has 0 spiro atoms. The minimum atomic E-state index is -0.252. The first kappa shape index (κ1) is 25.4. The average molecular weight is 503 g/mol. The SMILES string of the molecule is CCOc1ccc(NC(=O)CCN2C(=O)C(=Cc3cc(OC)c(OC)c(OC)c3)SC2=S)cc1. The normalized spacial score (nSPS) is 14.4. The Hall–Kier alpha value is -3.24. The number of anilines is 1. The molecule has 0 unspecified atom stereocenters. The maximum absolute atomic E-state index is 12.9. The first-order valence-corrected chi connectivity index (χ1v) is 11.7. The molecule has 3 rings (SSSR count). The monoisotopic (exact) mass is 502 g/mol. The van der Waals surface area contributed by atoms with Crippen molar-refractivity contribution in [3.05, 3.63) is 46.9 Å². The second kappa shape index (κ2) is 11.8. The van der Waals surface area contributed by atoms with Crippen molar-refractivity contribution in [2.45, 2.75) is 13.3 Å². The van der Waals surface area contributed by atoms with Crippen LogP contribution < -0.4 is 24.3 Å². The first-order valence-electron chi connectivity index (χ1n) is 10.5. The van der Waals surface area contributed by atoms with Gasteiger partial charge in [-0.2, -0.15) is 0 Å². The van der Waals surface area contributed by atoms with Gasteiger partial charge < -0.3 is 24.3 Å². The van der Waals surface area contributed by atoms with Gasteiger partial charge in [-0.15, -0.1) is 0 Å². The maximum Gasteiger partial charge on any atom is 0.266 e. The zero-order valence-electron chi connectivity index (χ0n) is 19.4. The molecule has 180 valence electrons. The van der Waals surface area contributed by atoms with E-state index in [0.29, 0.717) is 44.3 Å². The van der Waals surface area contributed by atoms with Crippen molar-refractivity contribution in [1.82, 2.24) is 4.90 Å². The van der Waals surface area contributed by atoms with Crippen LogP contribution in [0.1, 0.15) is 18.9 Å². The molecule has 1 heterocycles. The van der Waals surface area contributed by atoms with Crippen molar-refractivity contribution in [2.24, 2.45) is 0 Å². The summed E-state index contributed by atoms with van der Waals surface area (Å²) in [6, 6.07) is 10.6. The van der Waals surface area contributed by atoms with E-state index in [1.807, 2.05) is 6.92 Å². The highest BCUT2D eigenvalue weighted by molar-refractivity contribution is 8.26. The van der Waals surface area contributed by atoms with Crippen molar-refractivity contribution >= 4 is 51.9 Å². The highest BCUT2D eigenvalue weighted by Crippen LogP contribution is 2.40. The molecule has 0 bridgehead atoms. The molecule has 1 fully saturated rings. The van der Waals surface area contributed by atoms with Crippen LogP contribution in [0.3, 0.4) is 0 Å². The van der Waals surface area contributed by atoms with E-state index in [-0.39, 0.29) is 24.8 Å². The molecule has 1 saturated heterocycles. The number of amides is 2. The van der Waals surface area contributed by atoms with Crippen LogP contribution in [0.2, 0.25) is 0 Å². The van der Waals surface area contributed by atoms with E-state index in [9.17, 15) is 9.59 Å². The van der Waals surface area contributed by atoms with E-state index in [4.69, 9.17) is 31.2 Å². The van der Waals surface area contributed by atoms with Crippen LogP contribution >= 0.6 is 24.0 Å². The number of carbonyl (C=O) groups excluding carboxylic acids is 2. The van der Waals surface area contributed by atoms with Gasteiger partial charge in [0.1, 0.15) is 10.1 Å². The van der Waals surface area contributed by atoms with Gasteiger partial charge in [0.25, 0.3) is 5.91 Å². The number of carbonyl (C=O) groups is 2. The minimum absolute atomic E-state index is 0.108. The molecule has 2 amide bonds. The first-order chi connectivity index (χ1) is 16.4. The van der Waals surface area contributed by atoms with Crippen molar-refractivity contribution in [2.75, 3.05) is 39.8 Å². The van der Waals surface area contributed by atoms with Gasteiger partial charge in [0.15, 0.2) is 11.5 Å². The number of benzene rings is 2. The molecule has 0 atom stereocenters. The number of thioether (sulfide) groups is 1. The number of nitrogens with zero attached hydrogens (tertiary/aromatic N) is 1. The van der Waals surface area contributed by atoms with Crippen LogP contribution in [0.15, 0.2) is 41.3 Å². The van der Waals surface area contributed by atoms with Crippen molar-refractivity contribution in [1.29, 1.82) is 0 Å². The van der Waals surface area contributed by atoms with Crippen LogP contribution in [0.4, 0.5) is 5.69 Å². The second-order valence-electron chi connectivity index (χ2n) is 7.05. The van der Waals surface area contributed by atoms with E-state index in [2.05, 4.69) is 5.32 Å². The summed E-state index contributed by atoms with van der Waals surface area (Å²) >= 11 is 6.57. The molecule has 1 aliphatic rings. The van der Waals surface area contributed by atoms with Gasteiger partial charge in [0.05, 0.1) is 32.8 Å². The number of thiocarbonyl (C=S) groups is 1. The largest absolute Gasteiger partial charge is 0.494 e. The lowest BCUT2D eigenvalue weighted by molar-refractivity contribution is -0.122. The van der Waals surface area contributed by atoms with Gasteiger partial charge in [-0.3, -0.25) is 14.5 Å². The number of ether oxygens (including phenoxy) is 4. The van der Waals surface area contributed by atoms with Crippen LogP contribution in [-0.4, -0.2) is 55.5 Å². The molecule has 1 N–H and O–H groups in total. The summed E-state index contributed by atoms with van der Waals surface area (Å²) in [6.45, 7) is 2.66. The summed E-state index contributed by atoms with van der Waals surface area (Å²) in [4.78, 5) is 27.2. The fraction of sp³-hybridized carbons (Fsp3) is 0.292. The summed E-state index contributed by atoms with van der Waals surface area (Å²) in [7, 11) is 4.58. The highest BCUT2D eigenvalue weighted by atomic mass is 32.2. The lowest BCUT2D eigenvalue weighted by atomic mass is 10.1. The van der Waals surface area contributed by atoms with E-state index in [1.54, 1.807) is 42.5 Å². The van der Waals surface area contributed by atoms with Gasteiger partial charge in [0, 0.05) is 18.7 Å². The molecule has 0 aromatic heterocycles. The minimum Gasteiger partial charge on any atom is -0.494 e. The molecule has 10 heteroatoms. The summed E-state index contributed by atoms with van der Waals surface area (Å²) in [5.74, 6) is 1.69. The Bertz CT molecular complexity index is 1080. The molecule has 0 radical (unpaired) electrons. The predicted molar refractivity (Wildman–Crippen MR) is 137 cm³/mol. The van der Waals surface area contributed by atoms with Crippen LogP contribution in [0, 0.1) is 0 Å². The molecule has 8 nitrogen and oxygen atoms in total. The van der Waals surface area contributed by atoms with Crippen molar-refractivity contribution in [3.8, 4) is 23.0 Å². The Labute approximate surface area is 208 Å². The maximum atomic E-state index is 12.9. The standard InChI is InChI=1S/C24H26N2O6S2/c1-5-32-17-8-6-16(7-9-17)25-21(27)10-11-26-23(28)20(34-24(26)33)14-15-12-18(29-2)22(31-4)19(13-15)30-3/h6-9,12-14H,5,10-11H2,1-4H3,(H,25,27). The lowest BCUT2D eigenvalue weighted by Gasteiger charge is -2.14. The average Bonchev–Trinajstić information content (AvgIpc) is 3.10. The van der Waals surface area contributed by atoms with Crippen LogP contribution in [-0.2, 0) is 9.59 Å². The Balaban J connectivity index is 1.65. The molecular formula is C24H26N2O6S2. The molecular weight excluding hydrogens is 476 g/mol. The Morgan fingerprint density at radius 2 is 1.74 bits per heavy atom. The number of hydrogen-bond donors (Lipinski definition) is 1. The van der Waals surface area contributed by atoms with Gasteiger partial charge in [-0.05, 0) is 55.0 Å². The predicted octanol–water partition coefficient (Wildman–Crippen LogP) is 4.34. The summed E-state index contributed by atoms with van der Waals surface area (Å²) in [5.41, 5.74) is 1.35. The summed E-state index contributed by atoms with van der Waals surface area (Å²) < 4.78 is 21.9. The highest BCUT2D eigenvalue weighted by Gasteiger charge is 2.32. The Morgan fingerprint density at radius 1 is 1.09 bits per heavy atom. The van der Waals surface area contributed by atoms with E-state index >= 15 is 0 Å². The van der Waals surface area contributed by atoms with Gasteiger partial charge in [-0.1, -0.05) is 24.0 Å². The number of methoxy groups -OCH3 is 3. The van der Waals surface area contributed by atoms with E-state index in [1.165, 1.54) is 38.0 Å². The van der Waals surface area contributed by atoms with Gasteiger partial charge in [0.2, 0.25) is 11.7 Å². The molecule has 2 aromatic rings. The Kier molecular flexibility index (Phi) is 8.78. The molecule has 1 aliphatic heterocycles. The van der Waals surface area contributed by atoms with Crippen LogP contribution in [0.25, 0.3) is 6.08 Å². The summed E-state index contributed by atoms with van der Waals surface area (Å²) in [6.07, 6.45) is 1.82. The lowest BCUT2D eigenvalue weighted by Crippen LogP contribution is -2.31. The number of rotatable bonds is 10. The zero-order valence-corrected chi connectivity index (χ0v) is 21.0. The van der Waals surface area contributed by atoms with Gasteiger partial charge >= 0.3 is 0 Å². The summed E-state index contributed by atoms with van der Waals surface area (Å²) in [5, 5.41) is 2.82. The fourth-order valence-corrected chi connectivity index (χ4v) is 4.58.